The number of aliphatic hydroxyl groups is 9. The van der Waals surface area contributed by atoms with Gasteiger partial charge in [0.2, 0.25) is 0 Å². The van der Waals surface area contributed by atoms with Crippen molar-refractivity contribution in [2.24, 2.45) is 45.3 Å². The average Bonchev–Trinajstić information content (AvgIpc) is 3.50. The van der Waals surface area contributed by atoms with Gasteiger partial charge >= 0.3 is 0 Å². The molecule has 0 aromatic carbocycles. The number of aliphatic hydroxyl groups excluding tert-OH is 8. The lowest BCUT2D eigenvalue weighted by molar-refractivity contribution is -0.378. The molecule has 4 aliphatic carbocycles. The molecule has 6 aliphatic rings. The van der Waals surface area contributed by atoms with Gasteiger partial charge in [0.15, 0.2) is 12.6 Å². The van der Waals surface area contributed by atoms with Gasteiger partial charge in [0.1, 0.15) is 48.8 Å². The number of allylic oxidation sites excluding steroid dienone is 2. The molecule has 13 nitrogen and oxygen atoms in total. The topological polar surface area (TPSA) is 219 Å². The molecule has 4 saturated carbocycles. The Hall–Kier alpha value is -0.780. The lowest BCUT2D eigenvalue weighted by Crippen LogP contribution is -2.68. The fraction of sp³-hybridized carbons (Fsp3) is 0.952. The van der Waals surface area contributed by atoms with Crippen LogP contribution in [0.3, 0.4) is 0 Å². The largest absolute Gasteiger partial charge is 0.394 e. The van der Waals surface area contributed by atoms with Gasteiger partial charge in [-0.05, 0) is 124 Å². The molecule has 0 radical (unpaired) electrons. The first kappa shape index (κ1) is 43.8. The summed E-state index contributed by atoms with van der Waals surface area (Å²) in [5.41, 5.74) is -0.405. The summed E-state index contributed by atoms with van der Waals surface area (Å²) in [5, 5.41) is 97.4. The zero-order valence-corrected chi connectivity index (χ0v) is 34.3. The van der Waals surface area contributed by atoms with E-state index >= 15 is 0 Å². The normalized spacial score (nSPS) is 52.0. The van der Waals surface area contributed by atoms with E-state index in [1.807, 2.05) is 6.92 Å². The summed E-state index contributed by atoms with van der Waals surface area (Å²) in [5.74, 6) is 0.445. The second-order valence-corrected chi connectivity index (χ2v) is 20.1. The SMILES string of the molecule is CC(C)=CCC[C@](C)(O)C1CC[C@]2(C)C1C(O)CC1[C@@]3(C)CCC(OC4OC(CO)C(O)C(O)C4OC4OC(CO)C(O)C(O)C4O)C(C)(C)C3CC[C@]12C. The van der Waals surface area contributed by atoms with Crippen LogP contribution in [0.4, 0.5) is 0 Å². The van der Waals surface area contributed by atoms with E-state index < -0.39 is 97.8 Å². The smallest absolute Gasteiger partial charge is 0.187 e. The summed E-state index contributed by atoms with van der Waals surface area (Å²) in [6.07, 6.45) is -6.48. The Morgan fingerprint density at radius 2 is 1.33 bits per heavy atom. The second kappa shape index (κ2) is 15.7. The Morgan fingerprint density at radius 3 is 1.95 bits per heavy atom. The first-order chi connectivity index (χ1) is 25.6. The van der Waals surface area contributed by atoms with Crippen molar-refractivity contribution in [2.75, 3.05) is 13.2 Å². The van der Waals surface area contributed by atoms with E-state index in [1.54, 1.807) is 0 Å². The Kier molecular flexibility index (Phi) is 12.5. The molecule has 0 aromatic heterocycles. The van der Waals surface area contributed by atoms with Gasteiger partial charge < -0.3 is 64.9 Å². The molecule has 9 N–H and O–H groups in total. The van der Waals surface area contributed by atoms with Crippen LogP contribution in [-0.4, -0.2) is 138 Å². The Morgan fingerprint density at radius 1 is 0.727 bits per heavy atom. The number of hydrogen-bond acceptors (Lipinski definition) is 13. The monoisotopic (exact) mass is 784 g/mol. The van der Waals surface area contributed by atoms with Crippen molar-refractivity contribution in [3.8, 4) is 0 Å². The maximum atomic E-state index is 12.2. The second-order valence-electron chi connectivity index (χ2n) is 20.1. The van der Waals surface area contributed by atoms with Crippen LogP contribution >= 0.6 is 0 Å². The van der Waals surface area contributed by atoms with Gasteiger partial charge in [-0.2, -0.15) is 0 Å². The molecular formula is C42H72O13. The molecule has 318 valence electrons. The highest BCUT2D eigenvalue weighted by molar-refractivity contribution is 5.20. The first-order valence-corrected chi connectivity index (χ1v) is 20.9. The predicted molar refractivity (Wildman–Crippen MR) is 201 cm³/mol. The quantitative estimate of drug-likeness (QED) is 0.115. The fourth-order valence-electron chi connectivity index (χ4n) is 13.3. The van der Waals surface area contributed by atoms with Crippen molar-refractivity contribution in [1.82, 2.24) is 0 Å². The van der Waals surface area contributed by atoms with Crippen molar-refractivity contribution >= 4 is 0 Å². The highest BCUT2D eigenvalue weighted by Gasteiger charge is 2.71. The van der Waals surface area contributed by atoms with E-state index in [9.17, 15) is 46.0 Å². The summed E-state index contributed by atoms with van der Waals surface area (Å²) in [4.78, 5) is 0. The van der Waals surface area contributed by atoms with Gasteiger partial charge in [0, 0.05) is 0 Å². The minimum absolute atomic E-state index is 0.00798. The maximum Gasteiger partial charge on any atom is 0.187 e. The summed E-state index contributed by atoms with van der Waals surface area (Å²) < 4.78 is 24.4. The molecule has 6 rings (SSSR count). The lowest BCUT2D eigenvalue weighted by Gasteiger charge is -2.70. The molecule has 20 atom stereocenters. The average molecular weight is 785 g/mol. The van der Waals surface area contributed by atoms with Crippen LogP contribution in [-0.2, 0) is 18.9 Å². The van der Waals surface area contributed by atoms with Crippen LogP contribution in [0.25, 0.3) is 0 Å². The molecule has 2 saturated heterocycles. The molecule has 16 unspecified atom stereocenters. The molecular weight excluding hydrogens is 712 g/mol. The molecule has 55 heavy (non-hydrogen) atoms. The van der Waals surface area contributed by atoms with Gasteiger partial charge in [-0.25, -0.2) is 0 Å². The highest BCUT2D eigenvalue weighted by Crippen LogP contribution is 2.76. The first-order valence-electron chi connectivity index (χ1n) is 20.9. The Bertz CT molecular complexity index is 1370. The zero-order valence-electron chi connectivity index (χ0n) is 34.3. The van der Waals surface area contributed by atoms with Gasteiger partial charge in [0.05, 0.1) is 31.0 Å². The van der Waals surface area contributed by atoms with Gasteiger partial charge in [0.25, 0.3) is 0 Å². The van der Waals surface area contributed by atoms with Crippen LogP contribution in [0.2, 0.25) is 0 Å². The number of hydrogen-bond donors (Lipinski definition) is 9. The molecule has 2 heterocycles. The van der Waals surface area contributed by atoms with Gasteiger partial charge in [-0.1, -0.05) is 46.3 Å². The van der Waals surface area contributed by atoms with Crippen molar-refractivity contribution < 1.29 is 64.9 Å². The molecule has 0 bridgehead atoms. The summed E-state index contributed by atoms with van der Waals surface area (Å²) >= 11 is 0. The van der Waals surface area contributed by atoms with Gasteiger partial charge in [-0.15, -0.1) is 0 Å². The standard InChI is InChI=1S/C42H72O13/c1-21(2)10-9-14-42(8,51)22-11-16-41(7)29(22)23(45)18-27-39(5)15-13-28(38(3,4)26(39)12-17-40(27,41)6)54-37-35(33(49)31(47)25(20-44)53-37)55-36-34(50)32(48)30(46)24(19-43)52-36/h10,22-37,43-51H,9,11-20H2,1-8H3/t22?,23?,24?,25?,26?,27?,28?,29?,30?,31?,32?,33?,34?,35?,36?,37?,39-,40+,41+,42-/m0/s1. The van der Waals surface area contributed by atoms with E-state index in [0.717, 1.165) is 38.5 Å². The van der Waals surface area contributed by atoms with E-state index in [1.165, 1.54) is 5.57 Å². The molecule has 2 aliphatic heterocycles. The van der Waals surface area contributed by atoms with E-state index in [2.05, 4.69) is 54.5 Å². The third kappa shape index (κ3) is 7.20. The number of fused-ring (bicyclic) bond motifs is 5. The number of rotatable bonds is 10. The Balaban J connectivity index is 1.23. The maximum absolute atomic E-state index is 12.2. The molecule has 0 aromatic rings. The third-order valence-electron chi connectivity index (χ3n) is 16.6. The van der Waals surface area contributed by atoms with Crippen molar-refractivity contribution in [1.29, 1.82) is 0 Å². The molecule has 13 heteroatoms. The van der Waals surface area contributed by atoms with Crippen molar-refractivity contribution in [2.45, 2.75) is 192 Å². The minimum atomic E-state index is -1.75. The van der Waals surface area contributed by atoms with Crippen molar-refractivity contribution in [3.63, 3.8) is 0 Å². The van der Waals surface area contributed by atoms with Crippen LogP contribution in [0.15, 0.2) is 11.6 Å². The molecule has 6 fully saturated rings. The highest BCUT2D eigenvalue weighted by atomic mass is 16.8. The van der Waals surface area contributed by atoms with Crippen molar-refractivity contribution in [3.05, 3.63) is 11.6 Å². The van der Waals surface area contributed by atoms with Crippen LogP contribution in [0.1, 0.15) is 113 Å². The van der Waals surface area contributed by atoms with Crippen LogP contribution in [0.5, 0.6) is 0 Å². The zero-order chi connectivity index (χ0) is 40.6. The van der Waals surface area contributed by atoms with Gasteiger partial charge in [-0.3, -0.25) is 0 Å². The minimum Gasteiger partial charge on any atom is -0.394 e. The summed E-state index contributed by atoms with van der Waals surface area (Å²) in [6.45, 7) is 16.5. The van der Waals surface area contributed by atoms with Crippen LogP contribution < -0.4 is 0 Å². The molecule has 0 spiro atoms. The van der Waals surface area contributed by atoms with E-state index in [4.69, 9.17) is 18.9 Å². The third-order valence-corrected chi connectivity index (χ3v) is 16.6. The fourth-order valence-corrected chi connectivity index (χ4v) is 13.3. The van der Waals surface area contributed by atoms with E-state index in [0.29, 0.717) is 19.3 Å². The summed E-state index contributed by atoms with van der Waals surface area (Å²) in [7, 11) is 0. The molecule has 0 amide bonds. The number of ether oxygens (including phenoxy) is 4. The summed E-state index contributed by atoms with van der Waals surface area (Å²) in [6, 6.07) is 0. The Labute approximate surface area is 327 Å². The van der Waals surface area contributed by atoms with Crippen LogP contribution in [0, 0.1) is 45.3 Å². The predicted octanol–water partition coefficient (Wildman–Crippen LogP) is 2.15. The lowest BCUT2D eigenvalue weighted by atomic mass is 9.35. The van der Waals surface area contributed by atoms with E-state index in [-0.39, 0.29) is 39.9 Å².